The topological polar surface area (TPSA) is 113 Å². The lowest BCUT2D eigenvalue weighted by Crippen LogP contribution is -2.42. The molecule has 0 aliphatic carbocycles. The summed E-state index contributed by atoms with van der Waals surface area (Å²) in [5.74, 6) is -1.85. The van der Waals surface area contributed by atoms with Crippen molar-refractivity contribution in [1.82, 2.24) is 14.5 Å². The zero-order valence-corrected chi connectivity index (χ0v) is 19.9. The number of hydrogen-bond acceptors (Lipinski definition) is 5. The molecule has 2 aromatic heterocycles. The van der Waals surface area contributed by atoms with Crippen molar-refractivity contribution in [3.8, 4) is 0 Å². The Balaban J connectivity index is 0.000000271. The molecule has 1 aliphatic rings. The maximum atomic E-state index is 13.3. The van der Waals surface area contributed by atoms with Gasteiger partial charge in [0, 0.05) is 29.2 Å². The number of benzene rings is 1. The van der Waals surface area contributed by atoms with Gasteiger partial charge in [0.25, 0.3) is 0 Å². The van der Waals surface area contributed by atoms with Gasteiger partial charge in [0.2, 0.25) is 5.91 Å². The second kappa shape index (κ2) is 11.4. The minimum absolute atomic E-state index is 0.102. The number of nitrogens with zero attached hydrogens (tertiary/aromatic N) is 3. The Kier molecular flexibility index (Phi) is 8.60. The van der Waals surface area contributed by atoms with E-state index in [1.807, 2.05) is 0 Å². The van der Waals surface area contributed by atoms with Gasteiger partial charge in [-0.3, -0.25) is 4.79 Å². The second-order valence-electron chi connectivity index (χ2n) is 8.50. The normalized spacial score (nSPS) is 14.6. The van der Waals surface area contributed by atoms with Crippen molar-refractivity contribution in [2.24, 2.45) is 5.73 Å². The van der Waals surface area contributed by atoms with Crippen LogP contribution >= 0.6 is 11.6 Å². The van der Waals surface area contributed by atoms with Gasteiger partial charge in [-0.05, 0) is 76.2 Å². The van der Waals surface area contributed by atoms with Crippen LogP contribution in [-0.4, -0.2) is 56.6 Å². The Bertz CT molecular complexity index is 1140. The number of halogens is 2. The summed E-state index contributed by atoms with van der Waals surface area (Å²) in [6.45, 7) is 6.63. The number of piperidine rings is 1. The Labute approximate surface area is 202 Å². The van der Waals surface area contributed by atoms with Gasteiger partial charge in [-0.2, -0.15) is 0 Å². The molecule has 0 saturated carbocycles. The Morgan fingerprint density at radius 2 is 1.94 bits per heavy atom. The number of likely N-dealkylation sites (tertiary alicyclic amines) is 1. The Morgan fingerprint density at radius 3 is 2.53 bits per heavy atom. The number of aromatic carboxylic acids is 1. The fourth-order valence-electron chi connectivity index (χ4n) is 3.80. The van der Waals surface area contributed by atoms with Crippen LogP contribution in [0.25, 0.3) is 10.9 Å². The van der Waals surface area contributed by atoms with E-state index in [1.165, 1.54) is 67.0 Å². The highest BCUT2D eigenvalue weighted by Gasteiger charge is 2.18. The van der Waals surface area contributed by atoms with Gasteiger partial charge in [0.1, 0.15) is 23.9 Å². The lowest BCUT2D eigenvalue weighted by molar-refractivity contribution is -0.116. The number of fused-ring (bicyclic) bond motifs is 1. The molecule has 34 heavy (non-hydrogen) atoms. The van der Waals surface area contributed by atoms with E-state index in [2.05, 4.69) is 29.0 Å². The monoisotopic (exact) mass is 489 g/mol. The van der Waals surface area contributed by atoms with Crippen molar-refractivity contribution in [3.63, 3.8) is 0 Å². The van der Waals surface area contributed by atoms with E-state index in [1.54, 1.807) is 6.07 Å². The third kappa shape index (κ3) is 6.75. The highest BCUT2D eigenvalue weighted by Crippen LogP contribution is 2.21. The third-order valence-corrected chi connectivity index (χ3v) is 5.91. The summed E-state index contributed by atoms with van der Waals surface area (Å²) in [7, 11) is 0. The average Bonchev–Trinajstić information content (AvgIpc) is 3.13. The first-order valence-corrected chi connectivity index (χ1v) is 11.4. The fourth-order valence-corrected chi connectivity index (χ4v) is 3.91. The maximum absolute atomic E-state index is 13.3. The average molecular weight is 490 g/mol. The van der Waals surface area contributed by atoms with Crippen LogP contribution in [0.5, 0.6) is 0 Å². The van der Waals surface area contributed by atoms with E-state index in [4.69, 9.17) is 17.3 Å². The van der Waals surface area contributed by atoms with Crippen molar-refractivity contribution < 1.29 is 19.1 Å². The number of carboxylic acids is 1. The predicted molar refractivity (Wildman–Crippen MR) is 131 cm³/mol. The Hall–Kier alpha value is -3.01. The summed E-state index contributed by atoms with van der Waals surface area (Å²) >= 11 is 5.72. The van der Waals surface area contributed by atoms with Crippen LogP contribution in [0, 0.1) is 5.82 Å². The number of rotatable bonds is 5. The summed E-state index contributed by atoms with van der Waals surface area (Å²) < 4.78 is 14.6. The summed E-state index contributed by atoms with van der Waals surface area (Å²) in [4.78, 5) is 30.0. The number of carbonyl (C=O) groups is 2. The molecule has 4 N–H and O–H groups in total. The minimum Gasteiger partial charge on any atom is -0.477 e. The standard InChI is InChI=1S/C16H11ClFN3O3.C8H18N2/c17-10-1-4-14(19-7-10)20-15(22)8-21-12-3-2-11(18)5-9(12)6-13(21)16(23)24;1-7(2)10-5-3-8(9)4-6-10/h1-7H,8H2,(H,23,24)(H,19,20,22);7-8H,3-6,9H2,1-2H3. The fraction of sp³-hybridized carbons (Fsp3) is 0.375. The molecule has 0 spiro atoms. The first kappa shape index (κ1) is 25.6. The number of anilines is 1. The summed E-state index contributed by atoms with van der Waals surface area (Å²) in [5, 5.41) is 12.7. The van der Waals surface area contributed by atoms with Crippen molar-refractivity contribution >= 4 is 40.2 Å². The summed E-state index contributed by atoms with van der Waals surface area (Å²) in [5.41, 5.74) is 6.12. The van der Waals surface area contributed by atoms with E-state index >= 15 is 0 Å². The van der Waals surface area contributed by atoms with Crippen LogP contribution in [0.2, 0.25) is 5.02 Å². The molecule has 0 unspecified atom stereocenters. The SMILES string of the molecule is CC(C)N1CCC(N)CC1.O=C(Cn1c(C(=O)O)cc2cc(F)ccc21)Nc1ccc(Cl)cn1. The molecule has 3 aromatic rings. The second-order valence-corrected chi connectivity index (χ2v) is 8.94. The summed E-state index contributed by atoms with van der Waals surface area (Å²) in [6, 6.07) is 9.46. The lowest BCUT2D eigenvalue weighted by Gasteiger charge is -2.32. The molecule has 182 valence electrons. The highest BCUT2D eigenvalue weighted by molar-refractivity contribution is 6.30. The van der Waals surface area contributed by atoms with Gasteiger partial charge in [-0.1, -0.05) is 11.6 Å². The van der Waals surface area contributed by atoms with E-state index in [-0.39, 0.29) is 12.2 Å². The molecule has 1 aromatic carbocycles. The smallest absolute Gasteiger partial charge is 0.352 e. The van der Waals surface area contributed by atoms with E-state index < -0.39 is 17.7 Å². The van der Waals surface area contributed by atoms with Gasteiger partial charge in [-0.25, -0.2) is 14.2 Å². The first-order valence-electron chi connectivity index (χ1n) is 11.1. The zero-order chi connectivity index (χ0) is 24.8. The van der Waals surface area contributed by atoms with Crippen molar-refractivity contribution in [2.45, 2.75) is 45.3 Å². The summed E-state index contributed by atoms with van der Waals surface area (Å²) in [6.07, 6.45) is 3.74. The third-order valence-electron chi connectivity index (χ3n) is 5.68. The molecule has 1 saturated heterocycles. The number of nitrogens with two attached hydrogens (primary N) is 1. The van der Waals surface area contributed by atoms with Crippen molar-refractivity contribution in [1.29, 1.82) is 0 Å². The van der Waals surface area contributed by atoms with Crippen LogP contribution in [0.15, 0.2) is 42.6 Å². The quantitative estimate of drug-likeness (QED) is 0.499. The molecular weight excluding hydrogens is 461 g/mol. The molecule has 8 nitrogen and oxygen atoms in total. The van der Waals surface area contributed by atoms with Gasteiger partial charge >= 0.3 is 5.97 Å². The zero-order valence-electron chi connectivity index (χ0n) is 19.2. The predicted octanol–water partition coefficient (Wildman–Crippen LogP) is 3.98. The first-order chi connectivity index (χ1) is 16.1. The number of carbonyl (C=O) groups excluding carboxylic acids is 1. The highest BCUT2D eigenvalue weighted by atomic mass is 35.5. The molecule has 0 radical (unpaired) electrons. The number of carboxylic acid groups (broad SMARTS) is 1. The molecule has 1 aliphatic heterocycles. The van der Waals surface area contributed by atoms with E-state index in [9.17, 15) is 19.1 Å². The van der Waals surface area contributed by atoms with E-state index in [0.29, 0.717) is 33.8 Å². The number of nitrogens with one attached hydrogen (secondary N) is 1. The Morgan fingerprint density at radius 1 is 1.24 bits per heavy atom. The van der Waals surface area contributed by atoms with Crippen LogP contribution in [0.3, 0.4) is 0 Å². The molecule has 1 amide bonds. The molecule has 0 bridgehead atoms. The molecule has 4 rings (SSSR count). The van der Waals surface area contributed by atoms with Crippen LogP contribution in [0.1, 0.15) is 37.2 Å². The molecule has 3 heterocycles. The van der Waals surface area contributed by atoms with Gasteiger partial charge in [0.05, 0.1) is 5.02 Å². The molecule has 10 heteroatoms. The van der Waals surface area contributed by atoms with Gasteiger partial charge < -0.3 is 25.6 Å². The largest absolute Gasteiger partial charge is 0.477 e. The molecule has 0 atom stereocenters. The maximum Gasteiger partial charge on any atom is 0.352 e. The molecule has 1 fully saturated rings. The van der Waals surface area contributed by atoms with Crippen LogP contribution in [-0.2, 0) is 11.3 Å². The molecular formula is C24H29ClFN5O3. The van der Waals surface area contributed by atoms with Gasteiger partial charge in [0.15, 0.2) is 0 Å². The number of aromatic nitrogens is 2. The van der Waals surface area contributed by atoms with Crippen LogP contribution in [0.4, 0.5) is 10.2 Å². The van der Waals surface area contributed by atoms with Crippen molar-refractivity contribution in [3.05, 3.63) is 59.1 Å². The number of pyridine rings is 1. The lowest BCUT2D eigenvalue weighted by atomic mass is 10.1. The van der Waals surface area contributed by atoms with Crippen molar-refractivity contribution in [2.75, 3.05) is 18.4 Å². The van der Waals surface area contributed by atoms with Gasteiger partial charge in [-0.15, -0.1) is 0 Å². The van der Waals surface area contributed by atoms with E-state index in [0.717, 1.165) is 0 Å². The van der Waals surface area contributed by atoms with Crippen LogP contribution < -0.4 is 11.1 Å². The minimum atomic E-state index is -1.20. The number of hydrogen-bond donors (Lipinski definition) is 3. The number of amides is 1.